The van der Waals surface area contributed by atoms with Crippen molar-refractivity contribution in [2.45, 2.75) is 24.5 Å². The summed E-state index contributed by atoms with van der Waals surface area (Å²) in [6, 6.07) is 18.0. The van der Waals surface area contributed by atoms with E-state index in [1.165, 1.54) is 0 Å². The van der Waals surface area contributed by atoms with Crippen molar-refractivity contribution in [3.8, 4) is 0 Å². The SMILES string of the molecule is [14CH3]N1CCCC(OC(=O)C(O)(c2ccccc2)c2ccccc2)C1. The minimum atomic E-state index is -1.79. The molecular weight excluding hydrogens is 304 g/mol. The molecule has 1 N–H and O–H groups in total. The number of likely N-dealkylation sites (tertiary alicyclic amines) is 1. The molecule has 4 nitrogen and oxygen atoms in total. The number of likely N-dealkylation sites (N-methyl/N-ethyl adjacent to an activating group) is 1. The van der Waals surface area contributed by atoms with Crippen molar-refractivity contribution in [3.63, 3.8) is 0 Å². The molecular formula is C20H23NO3. The van der Waals surface area contributed by atoms with Crippen molar-refractivity contribution >= 4 is 5.97 Å². The average molecular weight is 327 g/mol. The molecule has 0 amide bonds. The topological polar surface area (TPSA) is 49.8 Å². The van der Waals surface area contributed by atoms with Crippen LogP contribution in [0.4, 0.5) is 0 Å². The number of rotatable bonds is 4. The summed E-state index contributed by atoms with van der Waals surface area (Å²) in [6.45, 7) is 1.71. The monoisotopic (exact) mass is 327 g/mol. The quantitative estimate of drug-likeness (QED) is 0.877. The van der Waals surface area contributed by atoms with Gasteiger partial charge >= 0.3 is 5.97 Å². The molecule has 1 fully saturated rings. The van der Waals surface area contributed by atoms with Gasteiger partial charge in [0.05, 0.1) is 0 Å². The van der Waals surface area contributed by atoms with Crippen molar-refractivity contribution in [3.05, 3.63) is 71.8 Å². The number of hydrogen-bond acceptors (Lipinski definition) is 4. The van der Waals surface area contributed by atoms with Crippen molar-refractivity contribution < 1.29 is 14.6 Å². The van der Waals surface area contributed by atoms with Gasteiger partial charge in [0.15, 0.2) is 0 Å². The fourth-order valence-corrected chi connectivity index (χ4v) is 3.21. The molecule has 24 heavy (non-hydrogen) atoms. The summed E-state index contributed by atoms with van der Waals surface area (Å²) >= 11 is 0. The molecule has 2 aromatic rings. The van der Waals surface area contributed by atoms with Crippen LogP contribution in [-0.4, -0.2) is 42.2 Å². The summed E-state index contributed by atoms with van der Waals surface area (Å²) < 4.78 is 5.71. The maximum Gasteiger partial charge on any atom is 0.348 e. The van der Waals surface area contributed by atoms with Crippen LogP contribution >= 0.6 is 0 Å². The maximum atomic E-state index is 13.0. The van der Waals surface area contributed by atoms with Gasteiger partial charge in [-0.2, -0.15) is 0 Å². The molecule has 0 spiro atoms. The Kier molecular flexibility index (Phi) is 4.97. The molecule has 3 rings (SSSR count). The predicted octanol–water partition coefficient (Wildman–Crippen LogP) is 2.56. The van der Waals surface area contributed by atoms with Gasteiger partial charge in [-0.25, -0.2) is 4.79 Å². The standard InChI is InChI=1S/C20H23NO3/c1-21-14-8-13-18(15-21)24-19(22)20(23,16-9-4-2-5-10-16)17-11-6-3-7-12-17/h2-7,9-12,18,23H,8,13-15H2,1H3/i1+2. The summed E-state index contributed by atoms with van der Waals surface area (Å²) in [7, 11) is 2.01. The van der Waals surface area contributed by atoms with E-state index in [1.807, 2.05) is 43.4 Å². The second-order valence-corrected chi connectivity index (χ2v) is 6.37. The van der Waals surface area contributed by atoms with E-state index in [0.29, 0.717) is 17.7 Å². The van der Waals surface area contributed by atoms with Gasteiger partial charge in [0, 0.05) is 6.54 Å². The number of benzene rings is 2. The van der Waals surface area contributed by atoms with Crippen LogP contribution in [0.15, 0.2) is 60.7 Å². The number of carbonyl (C=O) groups excluding carboxylic acids is 1. The molecule has 1 atom stereocenters. The van der Waals surface area contributed by atoms with Crippen molar-refractivity contribution in [1.82, 2.24) is 4.90 Å². The van der Waals surface area contributed by atoms with Gasteiger partial charge in [0.2, 0.25) is 5.60 Å². The van der Waals surface area contributed by atoms with Crippen LogP contribution in [0.1, 0.15) is 24.0 Å². The Hall–Kier alpha value is -2.17. The number of piperidine rings is 1. The largest absolute Gasteiger partial charge is 0.458 e. The second-order valence-electron chi connectivity index (χ2n) is 6.37. The number of ether oxygens (including phenoxy) is 1. The Morgan fingerprint density at radius 2 is 1.62 bits per heavy atom. The van der Waals surface area contributed by atoms with Crippen molar-refractivity contribution in [2.24, 2.45) is 0 Å². The molecule has 0 aliphatic carbocycles. The number of hydrogen-bond donors (Lipinski definition) is 1. The van der Waals surface area contributed by atoms with Crippen LogP contribution in [0.3, 0.4) is 0 Å². The summed E-state index contributed by atoms with van der Waals surface area (Å²) in [5.41, 5.74) is -0.755. The summed E-state index contributed by atoms with van der Waals surface area (Å²) in [5.74, 6) is -0.611. The van der Waals surface area contributed by atoms with Crippen LogP contribution in [0.2, 0.25) is 0 Å². The normalized spacial score (nSPS) is 19.0. The highest BCUT2D eigenvalue weighted by molar-refractivity contribution is 5.85. The first-order valence-electron chi connectivity index (χ1n) is 8.34. The van der Waals surface area contributed by atoms with Gasteiger partial charge in [-0.05, 0) is 37.6 Å². The van der Waals surface area contributed by atoms with Gasteiger partial charge in [-0.3, -0.25) is 0 Å². The average Bonchev–Trinajstić information content (AvgIpc) is 2.62. The molecule has 4 heteroatoms. The molecule has 0 radical (unpaired) electrons. The molecule has 1 aliphatic heterocycles. The summed E-state index contributed by atoms with van der Waals surface area (Å²) in [6.07, 6.45) is 1.63. The molecule has 126 valence electrons. The predicted molar refractivity (Wildman–Crippen MR) is 92.5 cm³/mol. The number of esters is 1. The van der Waals surface area contributed by atoms with Crippen LogP contribution < -0.4 is 0 Å². The second kappa shape index (κ2) is 7.16. The van der Waals surface area contributed by atoms with Gasteiger partial charge in [0.1, 0.15) is 6.10 Å². The lowest BCUT2D eigenvalue weighted by Gasteiger charge is -2.33. The van der Waals surface area contributed by atoms with E-state index in [-0.39, 0.29) is 6.10 Å². The fourth-order valence-electron chi connectivity index (χ4n) is 3.21. The van der Waals surface area contributed by atoms with Gasteiger partial charge in [0.25, 0.3) is 0 Å². The molecule has 2 aromatic carbocycles. The van der Waals surface area contributed by atoms with Gasteiger partial charge in [-0.1, -0.05) is 60.7 Å². The number of nitrogens with zero attached hydrogens (tertiary/aromatic N) is 1. The molecule has 0 aromatic heterocycles. The molecule has 1 heterocycles. The van der Waals surface area contributed by atoms with E-state index in [4.69, 9.17) is 4.74 Å². The Labute approximate surface area is 142 Å². The zero-order valence-electron chi connectivity index (χ0n) is 13.9. The Balaban J connectivity index is 1.91. The van der Waals surface area contributed by atoms with Crippen LogP contribution in [-0.2, 0) is 15.1 Å². The summed E-state index contributed by atoms with van der Waals surface area (Å²) in [4.78, 5) is 15.1. The lowest BCUT2D eigenvalue weighted by Crippen LogP contribution is -2.44. The first kappa shape index (κ1) is 16.7. The first-order valence-corrected chi connectivity index (χ1v) is 8.34. The third-order valence-electron chi connectivity index (χ3n) is 4.53. The highest BCUT2D eigenvalue weighted by Gasteiger charge is 2.42. The fraction of sp³-hybridized carbons (Fsp3) is 0.350. The molecule has 0 bridgehead atoms. The summed E-state index contributed by atoms with van der Waals surface area (Å²) in [5, 5.41) is 11.3. The molecule has 0 saturated carbocycles. The number of aliphatic hydroxyl groups is 1. The third-order valence-corrected chi connectivity index (χ3v) is 4.53. The highest BCUT2D eigenvalue weighted by atomic mass is 16.6. The smallest absolute Gasteiger partial charge is 0.348 e. The van der Waals surface area contributed by atoms with E-state index in [0.717, 1.165) is 19.4 Å². The zero-order chi connectivity index (χ0) is 17.0. The molecule has 1 saturated heterocycles. The van der Waals surface area contributed by atoms with E-state index in [9.17, 15) is 9.90 Å². The minimum absolute atomic E-state index is 0.185. The van der Waals surface area contributed by atoms with Gasteiger partial charge < -0.3 is 14.7 Å². The zero-order valence-corrected chi connectivity index (χ0v) is 13.9. The lowest BCUT2D eigenvalue weighted by atomic mass is 9.86. The highest BCUT2D eigenvalue weighted by Crippen LogP contribution is 2.32. The molecule has 1 aliphatic rings. The van der Waals surface area contributed by atoms with Crippen LogP contribution in [0, 0.1) is 0 Å². The Morgan fingerprint density at radius 3 is 2.12 bits per heavy atom. The van der Waals surface area contributed by atoms with Crippen LogP contribution in [0.25, 0.3) is 0 Å². The lowest BCUT2D eigenvalue weighted by molar-refractivity contribution is -0.170. The Morgan fingerprint density at radius 1 is 1.08 bits per heavy atom. The molecule has 1 unspecified atom stereocenters. The Bertz CT molecular complexity index is 632. The van der Waals surface area contributed by atoms with Gasteiger partial charge in [-0.15, -0.1) is 0 Å². The van der Waals surface area contributed by atoms with E-state index in [1.54, 1.807) is 24.3 Å². The first-order chi connectivity index (χ1) is 11.6. The third kappa shape index (κ3) is 3.35. The van der Waals surface area contributed by atoms with E-state index in [2.05, 4.69) is 4.90 Å². The van der Waals surface area contributed by atoms with E-state index < -0.39 is 11.6 Å². The van der Waals surface area contributed by atoms with Crippen molar-refractivity contribution in [1.29, 1.82) is 0 Å². The minimum Gasteiger partial charge on any atom is -0.458 e. The van der Waals surface area contributed by atoms with E-state index >= 15 is 0 Å². The number of carbonyl (C=O) groups is 1. The van der Waals surface area contributed by atoms with Crippen LogP contribution in [0.5, 0.6) is 0 Å². The van der Waals surface area contributed by atoms with Crippen molar-refractivity contribution in [2.75, 3.05) is 20.1 Å². The maximum absolute atomic E-state index is 13.0.